The fourth-order valence-electron chi connectivity index (χ4n) is 1.26. The minimum Gasteiger partial charge on any atom is -0.272 e. The molecule has 0 unspecified atom stereocenters. The third-order valence-corrected chi connectivity index (χ3v) is 2.26. The molecular weight excluding hydrogens is 259 g/mol. The molecule has 0 bridgehead atoms. The summed E-state index contributed by atoms with van der Waals surface area (Å²) in [5.41, 5.74) is -1.13. The first-order valence-corrected chi connectivity index (χ1v) is 4.85. The van der Waals surface area contributed by atoms with Crippen LogP contribution < -0.4 is 5.01 Å². The summed E-state index contributed by atoms with van der Waals surface area (Å²) in [6.45, 7) is 0. The topological polar surface area (TPSA) is 45.6 Å². The number of aromatic nitrogens is 1. The molecule has 0 radical (unpaired) electrons. The van der Waals surface area contributed by atoms with Gasteiger partial charge in [-0.15, -0.1) is 0 Å². The van der Waals surface area contributed by atoms with E-state index in [1.807, 2.05) is 0 Å². The van der Waals surface area contributed by atoms with Crippen molar-refractivity contribution in [1.29, 1.82) is 0 Å². The Labute approximate surface area is 98.7 Å². The quantitative estimate of drug-likeness (QED) is 0.781. The van der Waals surface area contributed by atoms with Crippen LogP contribution in [0.1, 0.15) is 6.42 Å². The van der Waals surface area contributed by atoms with Crippen LogP contribution in [-0.2, 0) is 4.79 Å². The van der Waals surface area contributed by atoms with Crippen molar-refractivity contribution in [2.24, 2.45) is 5.10 Å². The lowest BCUT2D eigenvalue weighted by Crippen LogP contribution is -2.22. The van der Waals surface area contributed by atoms with E-state index in [4.69, 9.17) is 11.6 Å². The van der Waals surface area contributed by atoms with Gasteiger partial charge in [-0.05, 0) is 12.1 Å². The van der Waals surface area contributed by atoms with E-state index in [0.717, 1.165) is 0 Å². The second kappa shape index (κ2) is 3.99. The Hall–Kier alpha value is -1.63. The van der Waals surface area contributed by atoms with Gasteiger partial charge in [-0.25, -0.2) is 4.98 Å². The number of anilines is 1. The lowest BCUT2D eigenvalue weighted by atomic mass is 10.2. The molecule has 0 aromatic carbocycles. The van der Waals surface area contributed by atoms with Crippen LogP contribution in [0.2, 0.25) is 5.02 Å². The number of hydrogen-bond acceptors (Lipinski definition) is 3. The van der Waals surface area contributed by atoms with Gasteiger partial charge in [0.15, 0.2) is 11.5 Å². The smallest absolute Gasteiger partial charge is 0.272 e. The zero-order valence-electron chi connectivity index (χ0n) is 8.20. The van der Waals surface area contributed by atoms with Crippen molar-refractivity contribution < 1.29 is 18.0 Å². The van der Waals surface area contributed by atoms with Gasteiger partial charge in [0.05, 0.1) is 11.4 Å². The van der Waals surface area contributed by atoms with Crippen molar-refractivity contribution in [2.75, 3.05) is 5.01 Å². The van der Waals surface area contributed by atoms with E-state index in [0.29, 0.717) is 10.0 Å². The summed E-state index contributed by atoms with van der Waals surface area (Å²) in [4.78, 5) is 15.1. The molecule has 0 aliphatic carbocycles. The zero-order valence-corrected chi connectivity index (χ0v) is 8.96. The molecule has 1 aliphatic rings. The van der Waals surface area contributed by atoms with Crippen molar-refractivity contribution in [3.63, 3.8) is 0 Å². The number of alkyl halides is 3. The van der Waals surface area contributed by atoms with E-state index in [1.54, 1.807) is 0 Å². The van der Waals surface area contributed by atoms with Crippen molar-refractivity contribution in [1.82, 2.24) is 4.98 Å². The average molecular weight is 264 g/mol. The summed E-state index contributed by atoms with van der Waals surface area (Å²) in [6, 6.07) is 2.74. The average Bonchev–Trinajstić information content (AvgIpc) is 2.61. The number of hydrazone groups is 1. The highest BCUT2D eigenvalue weighted by Crippen LogP contribution is 2.27. The molecule has 8 heteroatoms. The molecule has 90 valence electrons. The molecule has 4 nitrogen and oxygen atoms in total. The zero-order chi connectivity index (χ0) is 12.6. The summed E-state index contributed by atoms with van der Waals surface area (Å²) >= 11 is 5.57. The second-order valence-corrected chi connectivity index (χ2v) is 3.70. The Morgan fingerprint density at radius 1 is 1.35 bits per heavy atom. The normalized spacial score (nSPS) is 16.4. The highest BCUT2D eigenvalue weighted by Gasteiger charge is 2.42. The Morgan fingerprint density at radius 3 is 2.53 bits per heavy atom. The van der Waals surface area contributed by atoms with Crippen molar-refractivity contribution in [3.8, 4) is 0 Å². The summed E-state index contributed by atoms with van der Waals surface area (Å²) in [7, 11) is 0. The minimum atomic E-state index is -4.60. The molecule has 17 heavy (non-hydrogen) atoms. The van der Waals surface area contributed by atoms with E-state index < -0.39 is 24.2 Å². The minimum absolute atomic E-state index is 0.0126. The van der Waals surface area contributed by atoms with Gasteiger partial charge in [-0.1, -0.05) is 11.6 Å². The number of carbonyl (C=O) groups is 1. The van der Waals surface area contributed by atoms with Gasteiger partial charge in [-0.3, -0.25) is 4.79 Å². The molecule has 2 heterocycles. The third-order valence-electron chi connectivity index (χ3n) is 2.03. The summed E-state index contributed by atoms with van der Waals surface area (Å²) in [5, 5.41) is 4.15. The molecule has 0 saturated carbocycles. The number of amides is 1. The number of halogens is 4. The molecule has 1 amide bonds. The molecule has 0 atom stereocenters. The molecule has 0 saturated heterocycles. The van der Waals surface area contributed by atoms with Crippen LogP contribution in [0.3, 0.4) is 0 Å². The molecule has 0 N–H and O–H groups in total. The number of pyridine rings is 1. The molecule has 0 spiro atoms. The number of carbonyl (C=O) groups excluding carboxylic acids is 1. The van der Waals surface area contributed by atoms with Gasteiger partial charge < -0.3 is 0 Å². The highest BCUT2D eigenvalue weighted by atomic mass is 35.5. The largest absolute Gasteiger partial charge is 0.431 e. The van der Waals surface area contributed by atoms with Gasteiger partial charge in [0, 0.05) is 6.20 Å². The van der Waals surface area contributed by atoms with Gasteiger partial charge in [-0.2, -0.15) is 23.3 Å². The lowest BCUT2D eigenvalue weighted by molar-refractivity contribution is -0.117. The number of hydrogen-bond donors (Lipinski definition) is 0. The molecule has 1 aromatic rings. The van der Waals surface area contributed by atoms with E-state index in [9.17, 15) is 18.0 Å². The number of rotatable bonds is 1. The van der Waals surface area contributed by atoms with Crippen LogP contribution in [-0.4, -0.2) is 22.8 Å². The maximum Gasteiger partial charge on any atom is 0.431 e. The van der Waals surface area contributed by atoms with Crippen LogP contribution in [0.5, 0.6) is 0 Å². The summed E-state index contributed by atoms with van der Waals surface area (Å²) in [6.07, 6.45) is -4.14. The van der Waals surface area contributed by atoms with Gasteiger partial charge >= 0.3 is 6.18 Å². The maximum atomic E-state index is 12.3. The first-order chi connectivity index (χ1) is 7.88. The fourth-order valence-corrected chi connectivity index (χ4v) is 1.37. The molecular formula is C9H5ClF3N3O. The molecule has 1 aromatic heterocycles. The Bertz CT molecular complexity index is 483. The van der Waals surface area contributed by atoms with Crippen LogP contribution in [0.15, 0.2) is 23.4 Å². The Kier molecular flexibility index (Phi) is 2.78. The van der Waals surface area contributed by atoms with E-state index in [2.05, 4.69) is 10.1 Å². The lowest BCUT2D eigenvalue weighted by Gasteiger charge is -2.09. The fraction of sp³-hybridized carbons (Fsp3) is 0.222. The van der Waals surface area contributed by atoms with Crippen molar-refractivity contribution in [3.05, 3.63) is 23.4 Å². The van der Waals surface area contributed by atoms with Gasteiger partial charge in [0.2, 0.25) is 0 Å². The Balaban J connectivity index is 2.31. The molecule has 0 fully saturated rings. The summed E-state index contributed by atoms with van der Waals surface area (Å²) in [5.74, 6) is -0.759. The predicted molar refractivity (Wildman–Crippen MR) is 54.8 cm³/mol. The van der Waals surface area contributed by atoms with E-state index >= 15 is 0 Å². The standard InChI is InChI=1S/C9H5ClF3N3O/c10-5-1-2-7(14-4-5)16-8(17)3-6(15-16)9(11,12)13/h1-2,4H,3H2. The maximum absolute atomic E-state index is 12.3. The molecule has 2 rings (SSSR count). The first-order valence-electron chi connectivity index (χ1n) is 4.47. The van der Waals surface area contributed by atoms with E-state index in [-0.39, 0.29) is 5.82 Å². The van der Waals surface area contributed by atoms with E-state index in [1.165, 1.54) is 18.3 Å². The molecule has 1 aliphatic heterocycles. The van der Waals surface area contributed by atoms with Crippen LogP contribution in [0.4, 0.5) is 19.0 Å². The third kappa shape index (κ3) is 2.38. The van der Waals surface area contributed by atoms with Crippen LogP contribution in [0.25, 0.3) is 0 Å². The van der Waals surface area contributed by atoms with Crippen LogP contribution >= 0.6 is 11.6 Å². The predicted octanol–water partition coefficient (Wildman–Crippen LogP) is 2.39. The highest BCUT2D eigenvalue weighted by molar-refractivity contribution is 6.30. The van der Waals surface area contributed by atoms with Crippen molar-refractivity contribution >= 4 is 29.0 Å². The monoisotopic (exact) mass is 263 g/mol. The number of nitrogens with zero attached hydrogens (tertiary/aromatic N) is 3. The van der Waals surface area contributed by atoms with Gasteiger partial charge in [0.1, 0.15) is 0 Å². The first kappa shape index (κ1) is 11.8. The second-order valence-electron chi connectivity index (χ2n) is 3.26. The van der Waals surface area contributed by atoms with Gasteiger partial charge in [0.25, 0.3) is 5.91 Å². The Morgan fingerprint density at radius 2 is 2.06 bits per heavy atom. The summed E-state index contributed by atoms with van der Waals surface area (Å²) < 4.78 is 37.0. The van der Waals surface area contributed by atoms with Crippen molar-refractivity contribution in [2.45, 2.75) is 12.6 Å². The SMILES string of the molecule is O=C1CC(C(F)(F)F)=NN1c1ccc(Cl)cn1. The van der Waals surface area contributed by atoms with Crippen LogP contribution in [0, 0.1) is 0 Å².